The Hall–Kier alpha value is -1.56. The van der Waals surface area contributed by atoms with Gasteiger partial charge in [0.25, 0.3) is 0 Å². The normalized spacial score (nSPS) is 11.6. The Labute approximate surface area is 119 Å². The number of fused-ring (bicyclic) bond motifs is 1. The van der Waals surface area contributed by atoms with Crippen LogP contribution in [0.1, 0.15) is 20.8 Å². The van der Waals surface area contributed by atoms with Crippen molar-refractivity contribution in [3.63, 3.8) is 0 Å². The molecule has 0 saturated carbocycles. The van der Waals surface area contributed by atoms with Gasteiger partial charge in [0.2, 0.25) is 0 Å². The number of nitrogens with zero attached hydrogens (tertiary/aromatic N) is 2. The van der Waals surface area contributed by atoms with Crippen LogP contribution in [0.3, 0.4) is 0 Å². The standard InChI is InChI=1S/C13H15BrN2O3/c1-13(2,3)19-12(17)16-7-15-10-9(16)6-5-8(14)11(10)18-4/h5-7H,1-4H3. The summed E-state index contributed by atoms with van der Waals surface area (Å²) in [6.07, 6.45) is 0.979. The fraction of sp³-hybridized carbons (Fsp3) is 0.385. The minimum Gasteiger partial charge on any atom is -0.493 e. The van der Waals surface area contributed by atoms with Gasteiger partial charge in [0.1, 0.15) is 17.4 Å². The van der Waals surface area contributed by atoms with Crippen LogP contribution in [-0.4, -0.2) is 28.4 Å². The van der Waals surface area contributed by atoms with Crippen LogP contribution in [0, 0.1) is 0 Å². The minimum atomic E-state index is -0.548. The number of benzene rings is 1. The number of hydrogen-bond acceptors (Lipinski definition) is 4. The molecule has 0 saturated heterocycles. The van der Waals surface area contributed by atoms with Gasteiger partial charge in [-0.05, 0) is 48.8 Å². The van der Waals surface area contributed by atoms with Gasteiger partial charge in [-0.15, -0.1) is 0 Å². The summed E-state index contributed by atoms with van der Waals surface area (Å²) in [5.41, 5.74) is 0.713. The molecule has 0 aliphatic carbocycles. The van der Waals surface area contributed by atoms with Crippen molar-refractivity contribution in [2.75, 3.05) is 7.11 Å². The average Bonchev–Trinajstić information content (AvgIpc) is 2.70. The molecule has 0 atom stereocenters. The van der Waals surface area contributed by atoms with Crippen LogP contribution in [0.5, 0.6) is 5.75 Å². The number of imidazole rings is 1. The maximum Gasteiger partial charge on any atom is 0.420 e. The number of ether oxygens (including phenoxy) is 2. The lowest BCUT2D eigenvalue weighted by molar-refractivity contribution is 0.0543. The van der Waals surface area contributed by atoms with E-state index in [0.717, 1.165) is 4.47 Å². The van der Waals surface area contributed by atoms with E-state index in [-0.39, 0.29) is 0 Å². The first-order valence-corrected chi connectivity index (χ1v) is 6.55. The summed E-state index contributed by atoms with van der Waals surface area (Å²) in [6.45, 7) is 5.46. The number of hydrogen-bond donors (Lipinski definition) is 0. The van der Waals surface area contributed by atoms with Gasteiger partial charge < -0.3 is 9.47 Å². The van der Waals surface area contributed by atoms with E-state index in [9.17, 15) is 4.79 Å². The second kappa shape index (κ2) is 4.85. The second-order valence-corrected chi connectivity index (χ2v) is 5.90. The first kappa shape index (κ1) is 13.9. The highest BCUT2D eigenvalue weighted by molar-refractivity contribution is 9.10. The molecule has 0 radical (unpaired) electrons. The van der Waals surface area contributed by atoms with Crippen LogP contribution >= 0.6 is 15.9 Å². The highest BCUT2D eigenvalue weighted by atomic mass is 79.9. The van der Waals surface area contributed by atoms with E-state index in [0.29, 0.717) is 16.8 Å². The topological polar surface area (TPSA) is 53.4 Å². The fourth-order valence-electron chi connectivity index (χ4n) is 1.68. The van der Waals surface area contributed by atoms with Crippen molar-refractivity contribution in [3.05, 3.63) is 22.9 Å². The number of aromatic nitrogens is 2. The average molecular weight is 327 g/mol. The summed E-state index contributed by atoms with van der Waals surface area (Å²) in [6, 6.07) is 3.60. The zero-order valence-electron chi connectivity index (χ0n) is 11.2. The van der Waals surface area contributed by atoms with Crippen molar-refractivity contribution >= 4 is 33.1 Å². The molecule has 1 heterocycles. The molecule has 2 rings (SSSR count). The van der Waals surface area contributed by atoms with Gasteiger partial charge in [-0.2, -0.15) is 0 Å². The van der Waals surface area contributed by atoms with E-state index >= 15 is 0 Å². The lowest BCUT2D eigenvalue weighted by Crippen LogP contribution is -2.26. The molecule has 5 nitrogen and oxygen atoms in total. The lowest BCUT2D eigenvalue weighted by Gasteiger charge is -2.19. The molecule has 0 unspecified atom stereocenters. The third-order valence-corrected chi connectivity index (χ3v) is 3.04. The van der Waals surface area contributed by atoms with Crippen LogP contribution in [0.15, 0.2) is 22.9 Å². The summed E-state index contributed by atoms with van der Waals surface area (Å²) in [5.74, 6) is 0.597. The molecule has 102 valence electrons. The third-order valence-electron chi connectivity index (χ3n) is 2.42. The van der Waals surface area contributed by atoms with Gasteiger partial charge >= 0.3 is 6.09 Å². The quantitative estimate of drug-likeness (QED) is 0.803. The van der Waals surface area contributed by atoms with Gasteiger partial charge in [-0.3, -0.25) is 0 Å². The van der Waals surface area contributed by atoms with Crippen molar-refractivity contribution in [1.29, 1.82) is 0 Å². The third kappa shape index (κ3) is 2.73. The molecule has 0 aliphatic rings. The SMILES string of the molecule is COc1c(Br)ccc2c1ncn2C(=O)OC(C)(C)C. The van der Waals surface area contributed by atoms with E-state index in [2.05, 4.69) is 20.9 Å². The Morgan fingerprint density at radius 3 is 2.63 bits per heavy atom. The smallest absolute Gasteiger partial charge is 0.420 e. The van der Waals surface area contributed by atoms with E-state index in [1.807, 2.05) is 26.8 Å². The first-order chi connectivity index (χ1) is 8.83. The summed E-state index contributed by atoms with van der Waals surface area (Å²) < 4.78 is 12.8. The zero-order chi connectivity index (χ0) is 14.2. The van der Waals surface area contributed by atoms with Crippen LogP contribution in [0.2, 0.25) is 0 Å². The first-order valence-electron chi connectivity index (χ1n) is 5.76. The van der Waals surface area contributed by atoms with E-state index in [4.69, 9.17) is 9.47 Å². The monoisotopic (exact) mass is 326 g/mol. The Balaban J connectivity index is 2.50. The number of halogens is 1. The van der Waals surface area contributed by atoms with Gasteiger partial charge in [-0.1, -0.05) is 0 Å². The summed E-state index contributed by atoms with van der Waals surface area (Å²) in [7, 11) is 1.56. The van der Waals surface area contributed by atoms with Crippen LogP contribution in [-0.2, 0) is 4.74 Å². The van der Waals surface area contributed by atoms with Crippen LogP contribution < -0.4 is 4.74 Å². The van der Waals surface area contributed by atoms with Gasteiger partial charge in [0.15, 0.2) is 5.75 Å². The predicted molar refractivity (Wildman–Crippen MR) is 75.6 cm³/mol. The molecule has 19 heavy (non-hydrogen) atoms. The van der Waals surface area contributed by atoms with Crippen molar-refractivity contribution < 1.29 is 14.3 Å². The van der Waals surface area contributed by atoms with Gasteiger partial charge in [-0.25, -0.2) is 14.3 Å². The molecule has 0 aliphatic heterocycles. The minimum absolute atomic E-state index is 0.459. The zero-order valence-corrected chi connectivity index (χ0v) is 12.8. The number of carbonyl (C=O) groups is 1. The Morgan fingerprint density at radius 2 is 2.05 bits per heavy atom. The molecule has 0 amide bonds. The molecule has 0 fully saturated rings. The van der Waals surface area contributed by atoms with Crippen molar-refractivity contribution in [2.45, 2.75) is 26.4 Å². The molecule has 0 N–H and O–H groups in total. The van der Waals surface area contributed by atoms with E-state index in [1.165, 1.54) is 10.9 Å². The van der Waals surface area contributed by atoms with Crippen LogP contribution in [0.4, 0.5) is 4.79 Å². The van der Waals surface area contributed by atoms with Crippen molar-refractivity contribution in [3.8, 4) is 5.75 Å². The molecule has 0 bridgehead atoms. The second-order valence-electron chi connectivity index (χ2n) is 5.04. The molecule has 1 aromatic carbocycles. The van der Waals surface area contributed by atoms with Gasteiger partial charge in [0.05, 0.1) is 17.1 Å². The molecule has 1 aromatic heterocycles. The maximum absolute atomic E-state index is 12.1. The highest BCUT2D eigenvalue weighted by Gasteiger charge is 2.21. The Bertz CT molecular complexity index is 629. The summed E-state index contributed by atoms with van der Waals surface area (Å²) in [5, 5.41) is 0. The number of methoxy groups -OCH3 is 1. The largest absolute Gasteiger partial charge is 0.493 e. The van der Waals surface area contributed by atoms with Crippen molar-refractivity contribution in [2.24, 2.45) is 0 Å². The lowest BCUT2D eigenvalue weighted by atomic mass is 10.2. The number of carbonyl (C=O) groups excluding carboxylic acids is 1. The summed E-state index contributed by atoms with van der Waals surface area (Å²) >= 11 is 3.38. The number of rotatable bonds is 1. The molecule has 0 spiro atoms. The molecular formula is C13H15BrN2O3. The fourth-order valence-corrected chi connectivity index (χ4v) is 2.17. The summed E-state index contributed by atoms with van der Waals surface area (Å²) in [4.78, 5) is 16.3. The molecular weight excluding hydrogens is 312 g/mol. The van der Waals surface area contributed by atoms with E-state index in [1.54, 1.807) is 13.2 Å². The molecule has 2 aromatic rings. The Morgan fingerprint density at radius 1 is 1.37 bits per heavy atom. The highest BCUT2D eigenvalue weighted by Crippen LogP contribution is 2.32. The van der Waals surface area contributed by atoms with Gasteiger partial charge in [0, 0.05) is 0 Å². The van der Waals surface area contributed by atoms with Crippen molar-refractivity contribution in [1.82, 2.24) is 9.55 Å². The Kier molecular flexibility index (Phi) is 3.54. The predicted octanol–water partition coefficient (Wildman–Crippen LogP) is 3.59. The maximum atomic E-state index is 12.1. The van der Waals surface area contributed by atoms with Crippen LogP contribution in [0.25, 0.3) is 11.0 Å². The van der Waals surface area contributed by atoms with E-state index < -0.39 is 11.7 Å². The molecule has 6 heteroatoms.